The van der Waals surface area contributed by atoms with Crippen LogP contribution >= 0.6 is 12.2 Å². The van der Waals surface area contributed by atoms with Gasteiger partial charge in [0.05, 0.1) is 17.8 Å². The van der Waals surface area contributed by atoms with Gasteiger partial charge in [-0.3, -0.25) is 4.21 Å². The van der Waals surface area contributed by atoms with Gasteiger partial charge in [0.25, 0.3) is 0 Å². The molecular formula is C9H13F3N4OS2. The number of nitrogens with one attached hydrogen (secondary N) is 3. The van der Waals surface area contributed by atoms with Crippen molar-refractivity contribution in [2.24, 2.45) is 0 Å². The number of alkyl halides is 3. The van der Waals surface area contributed by atoms with Crippen molar-refractivity contribution in [1.29, 1.82) is 0 Å². The number of H-pyrrole nitrogens is 1. The zero-order valence-corrected chi connectivity index (χ0v) is 11.6. The smallest absolute Gasteiger partial charge is 0.366 e. The van der Waals surface area contributed by atoms with E-state index >= 15 is 0 Å². The van der Waals surface area contributed by atoms with Crippen LogP contribution in [0, 0.1) is 0 Å². The Morgan fingerprint density at radius 3 is 2.84 bits per heavy atom. The summed E-state index contributed by atoms with van der Waals surface area (Å²) >= 11 is 4.81. The molecule has 0 saturated heterocycles. The number of thiocarbonyl (C=S) groups is 1. The van der Waals surface area contributed by atoms with Gasteiger partial charge in [-0.05, 0) is 12.2 Å². The predicted molar refractivity (Wildman–Crippen MR) is 70.0 cm³/mol. The van der Waals surface area contributed by atoms with Gasteiger partial charge in [0, 0.05) is 30.1 Å². The van der Waals surface area contributed by atoms with Crippen LogP contribution in [-0.2, 0) is 22.7 Å². The fourth-order valence-corrected chi connectivity index (χ4v) is 2.39. The highest BCUT2D eigenvalue weighted by Crippen LogP contribution is 2.30. The maximum Gasteiger partial charge on any atom is 0.435 e. The first-order valence-corrected chi connectivity index (χ1v) is 7.14. The van der Waals surface area contributed by atoms with Crippen LogP contribution < -0.4 is 10.6 Å². The van der Waals surface area contributed by atoms with Crippen LogP contribution in [0.5, 0.6) is 0 Å². The molecule has 108 valence electrons. The number of rotatable bonds is 5. The Morgan fingerprint density at radius 2 is 2.26 bits per heavy atom. The van der Waals surface area contributed by atoms with E-state index in [1.54, 1.807) is 7.05 Å². The van der Waals surface area contributed by atoms with E-state index < -0.39 is 22.7 Å². The van der Waals surface area contributed by atoms with Crippen LogP contribution in [0.3, 0.4) is 0 Å². The van der Waals surface area contributed by atoms with Crippen molar-refractivity contribution in [2.45, 2.75) is 11.9 Å². The van der Waals surface area contributed by atoms with Crippen molar-refractivity contribution in [3.8, 4) is 0 Å². The molecule has 0 aliphatic rings. The summed E-state index contributed by atoms with van der Waals surface area (Å²) in [6, 6.07) is 0. The van der Waals surface area contributed by atoms with E-state index in [4.69, 9.17) is 12.2 Å². The molecule has 0 amide bonds. The SMILES string of the molecule is CNC(=S)NCCS(=O)Cc1[nH]cnc1C(F)(F)F. The van der Waals surface area contributed by atoms with E-state index in [2.05, 4.69) is 20.6 Å². The van der Waals surface area contributed by atoms with Gasteiger partial charge >= 0.3 is 6.18 Å². The zero-order chi connectivity index (χ0) is 14.5. The van der Waals surface area contributed by atoms with E-state index in [1.165, 1.54) is 0 Å². The monoisotopic (exact) mass is 314 g/mol. The molecule has 1 atom stereocenters. The Morgan fingerprint density at radius 1 is 1.58 bits per heavy atom. The van der Waals surface area contributed by atoms with Crippen molar-refractivity contribution < 1.29 is 17.4 Å². The number of imidazole rings is 1. The summed E-state index contributed by atoms with van der Waals surface area (Å²) in [5.74, 6) is -0.0268. The molecular weight excluding hydrogens is 301 g/mol. The normalized spacial score (nSPS) is 13.1. The molecule has 0 bridgehead atoms. The maximum atomic E-state index is 12.5. The van der Waals surface area contributed by atoms with Crippen molar-refractivity contribution >= 4 is 28.1 Å². The Bertz CT molecular complexity index is 461. The molecule has 19 heavy (non-hydrogen) atoms. The molecule has 1 aromatic heterocycles. The van der Waals surface area contributed by atoms with E-state index in [-0.39, 0.29) is 17.2 Å². The second-order valence-corrected chi connectivity index (χ2v) is 5.51. The molecule has 0 aromatic carbocycles. The standard InChI is InChI=1S/C9H13F3N4OS2/c1-13-8(18)14-2-3-19(17)4-6-7(9(10,11)12)16-5-15-6/h5H,2-4H2,1H3,(H,15,16)(H2,13,14,18). The first-order valence-electron chi connectivity index (χ1n) is 5.24. The third kappa shape index (κ3) is 5.15. The molecule has 0 saturated carbocycles. The van der Waals surface area contributed by atoms with Crippen molar-refractivity contribution in [2.75, 3.05) is 19.3 Å². The second kappa shape index (κ2) is 6.85. The minimum Gasteiger partial charge on any atom is -0.366 e. The van der Waals surface area contributed by atoms with Gasteiger partial charge in [-0.25, -0.2) is 4.98 Å². The Balaban J connectivity index is 2.49. The summed E-state index contributed by atoms with van der Waals surface area (Å²) in [6.45, 7) is 0.321. The van der Waals surface area contributed by atoms with Crippen LogP contribution in [-0.4, -0.2) is 38.6 Å². The van der Waals surface area contributed by atoms with Crippen LogP contribution in [0.25, 0.3) is 0 Å². The largest absolute Gasteiger partial charge is 0.435 e. The Hall–Kier alpha value is -1.16. The fourth-order valence-electron chi connectivity index (χ4n) is 1.28. The predicted octanol–water partition coefficient (Wildman–Crippen LogP) is 0.771. The van der Waals surface area contributed by atoms with E-state index in [0.29, 0.717) is 11.7 Å². The summed E-state index contributed by atoms with van der Waals surface area (Å²) in [5, 5.41) is 5.83. The third-order valence-electron chi connectivity index (χ3n) is 2.13. The molecule has 10 heteroatoms. The quantitative estimate of drug-likeness (QED) is 0.701. The first-order chi connectivity index (χ1) is 8.84. The highest BCUT2D eigenvalue weighted by Gasteiger charge is 2.36. The molecule has 5 nitrogen and oxygen atoms in total. The van der Waals surface area contributed by atoms with Crippen LogP contribution in [0.4, 0.5) is 13.2 Å². The topological polar surface area (TPSA) is 69.8 Å². The molecule has 0 spiro atoms. The highest BCUT2D eigenvalue weighted by molar-refractivity contribution is 7.84. The molecule has 0 aliphatic heterocycles. The molecule has 1 heterocycles. The lowest BCUT2D eigenvalue weighted by atomic mass is 10.3. The van der Waals surface area contributed by atoms with Crippen LogP contribution in [0.15, 0.2) is 6.33 Å². The zero-order valence-electron chi connectivity index (χ0n) is 10.0. The van der Waals surface area contributed by atoms with E-state index in [1.807, 2.05) is 0 Å². The molecule has 1 rings (SSSR count). The number of halogens is 3. The van der Waals surface area contributed by atoms with Gasteiger partial charge in [0.1, 0.15) is 0 Å². The maximum absolute atomic E-state index is 12.5. The summed E-state index contributed by atoms with van der Waals surface area (Å²) in [4.78, 5) is 5.57. The molecule has 3 N–H and O–H groups in total. The van der Waals surface area contributed by atoms with Gasteiger partial charge in [-0.2, -0.15) is 13.2 Å². The Kier molecular flexibility index (Phi) is 5.73. The van der Waals surface area contributed by atoms with Gasteiger partial charge < -0.3 is 15.6 Å². The lowest BCUT2D eigenvalue weighted by molar-refractivity contribution is -0.141. The van der Waals surface area contributed by atoms with Crippen molar-refractivity contribution in [3.05, 3.63) is 17.7 Å². The van der Waals surface area contributed by atoms with Crippen LogP contribution in [0.2, 0.25) is 0 Å². The summed E-state index contributed by atoms with van der Waals surface area (Å²) in [7, 11) is 0.197. The van der Waals surface area contributed by atoms with Gasteiger partial charge in [0.2, 0.25) is 0 Å². The lowest BCUT2D eigenvalue weighted by Gasteiger charge is -2.08. The lowest BCUT2D eigenvalue weighted by Crippen LogP contribution is -2.35. The summed E-state index contributed by atoms with van der Waals surface area (Å²) < 4.78 is 49.2. The van der Waals surface area contributed by atoms with E-state index in [0.717, 1.165) is 6.33 Å². The van der Waals surface area contributed by atoms with Crippen molar-refractivity contribution in [1.82, 2.24) is 20.6 Å². The van der Waals surface area contributed by atoms with Gasteiger partial charge in [-0.1, -0.05) is 0 Å². The average Bonchev–Trinajstić information content (AvgIpc) is 2.76. The number of aromatic nitrogens is 2. The minimum absolute atomic E-state index is 0.165. The fraction of sp³-hybridized carbons (Fsp3) is 0.556. The number of nitrogens with zero attached hydrogens (tertiary/aromatic N) is 1. The molecule has 0 fully saturated rings. The summed E-state index contributed by atoms with van der Waals surface area (Å²) in [6.07, 6.45) is -3.59. The van der Waals surface area contributed by atoms with Crippen LogP contribution in [0.1, 0.15) is 11.4 Å². The van der Waals surface area contributed by atoms with Gasteiger partial charge in [0.15, 0.2) is 10.8 Å². The number of hydrogen-bond donors (Lipinski definition) is 3. The Labute approximate surface area is 115 Å². The first kappa shape index (κ1) is 15.9. The summed E-state index contributed by atoms with van der Waals surface area (Å²) in [5.41, 5.74) is -1.18. The van der Waals surface area contributed by atoms with Gasteiger partial charge in [-0.15, -0.1) is 0 Å². The minimum atomic E-state index is -4.54. The molecule has 1 unspecified atom stereocenters. The second-order valence-electron chi connectivity index (χ2n) is 3.52. The number of hydrogen-bond acceptors (Lipinski definition) is 3. The molecule has 0 aliphatic carbocycles. The molecule has 0 radical (unpaired) electrons. The number of aromatic amines is 1. The van der Waals surface area contributed by atoms with E-state index in [9.17, 15) is 17.4 Å². The van der Waals surface area contributed by atoms with Crippen molar-refractivity contribution in [3.63, 3.8) is 0 Å². The average molecular weight is 314 g/mol. The molecule has 1 aromatic rings. The third-order valence-corrected chi connectivity index (χ3v) is 3.75. The highest BCUT2D eigenvalue weighted by atomic mass is 32.2.